The van der Waals surface area contributed by atoms with Crippen LogP contribution in [-0.4, -0.2) is 60.1 Å². The highest BCUT2D eigenvalue weighted by molar-refractivity contribution is 7.97. The summed E-state index contributed by atoms with van der Waals surface area (Å²) in [5, 5.41) is 0. The Labute approximate surface area is 161 Å². The predicted octanol–water partition coefficient (Wildman–Crippen LogP) is 3.46. The number of halogens is 3. The minimum Gasteiger partial charge on any atom is -0.380 e. The number of nitrogens with zero attached hydrogens (tertiary/aromatic N) is 3. The van der Waals surface area contributed by atoms with E-state index in [9.17, 15) is 13.2 Å². The van der Waals surface area contributed by atoms with Crippen molar-refractivity contribution in [3.63, 3.8) is 0 Å². The van der Waals surface area contributed by atoms with Crippen LogP contribution in [0.5, 0.6) is 0 Å². The Bertz CT molecular complexity index is 730. The first-order chi connectivity index (χ1) is 12.7. The van der Waals surface area contributed by atoms with Gasteiger partial charge in [0.1, 0.15) is 5.69 Å². The van der Waals surface area contributed by atoms with Gasteiger partial charge >= 0.3 is 6.18 Å². The highest BCUT2D eigenvalue weighted by Crippen LogP contribution is 2.52. The second-order valence-electron chi connectivity index (χ2n) is 9.10. The molecule has 8 heteroatoms. The Morgan fingerprint density at radius 3 is 2.41 bits per heavy atom. The Kier molecular flexibility index (Phi) is 4.10. The number of likely N-dealkylation sites (tertiary alicyclic amines) is 1. The summed E-state index contributed by atoms with van der Waals surface area (Å²) >= 11 is 1.54. The van der Waals surface area contributed by atoms with Crippen LogP contribution < -0.4 is 0 Å². The molecule has 3 aliphatic heterocycles. The van der Waals surface area contributed by atoms with E-state index in [1.807, 2.05) is 0 Å². The molecule has 1 aromatic heterocycles. The molecule has 2 spiro atoms. The molecule has 5 rings (SSSR count). The first kappa shape index (κ1) is 18.2. The van der Waals surface area contributed by atoms with Crippen molar-refractivity contribution in [1.82, 2.24) is 14.2 Å². The van der Waals surface area contributed by atoms with Crippen molar-refractivity contribution < 1.29 is 17.9 Å². The number of alkyl halides is 3. The molecule has 4 nitrogen and oxygen atoms in total. The van der Waals surface area contributed by atoms with Crippen LogP contribution in [-0.2, 0) is 10.9 Å². The number of ether oxygens (including phenoxy) is 1. The fourth-order valence-corrected chi connectivity index (χ4v) is 6.49. The van der Waals surface area contributed by atoms with Gasteiger partial charge in [0, 0.05) is 48.4 Å². The number of hydrogen-bond donors (Lipinski definition) is 0. The predicted molar refractivity (Wildman–Crippen MR) is 96.3 cm³/mol. The summed E-state index contributed by atoms with van der Waals surface area (Å²) in [6, 6.07) is 2.62. The molecule has 0 radical (unpaired) electrons. The second-order valence-corrected chi connectivity index (χ2v) is 10.2. The molecule has 148 valence electrons. The number of rotatable bonds is 4. The summed E-state index contributed by atoms with van der Waals surface area (Å²) in [6.45, 7) is 9.15. The van der Waals surface area contributed by atoms with Crippen LogP contribution in [0.25, 0.3) is 0 Å². The van der Waals surface area contributed by atoms with Crippen LogP contribution >= 0.6 is 11.9 Å². The van der Waals surface area contributed by atoms with E-state index in [-0.39, 0.29) is 0 Å². The SMILES string of the molecule is Cc1nc(C(F)(F)F)ccc1SN1CC2(CN(CC3CC4(COC4)C3)C2)C1. The van der Waals surface area contributed by atoms with Crippen molar-refractivity contribution in [2.45, 2.75) is 30.8 Å². The van der Waals surface area contributed by atoms with E-state index in [2.05, 4.69) is 14.2 Å². The maximum atomic E-state index is 12.7. The molecule has 0 unspecified atom stereocenters. The van der Waals surface area contributed by atoms with Crippen molar-refractivity contribution in [3.8, 4) is 0 Å². The molecule has 4 aliphatic rings. The Balaban J connectivity index is 1.07. The van der Waals surface area contributed by atoms with E-state index in [1.165, 1.54) is 19.4 Å². The molecule has 1 saturated carbocycles. The van der Waals surface area contributed by atoms with Crippen molar-refractivity contribution >= 4 is 11.9 Å². The molecule has 1 aromatic rings. The lowest BCUT2D eigenvalue weighted by Gasteiger charge is -2.62. The Morgan fingerprint density at radius 2 is 1.85 bits per heavy atom. The number of aromatic nitrogens is 1. The third-order valence-corrected chi connectivity index (χ3v) is 7.62. The van der Waals surface area contributed by atoms with Gasteiger partial charge in [-0.25, -0.2) is 9.29 Å². The highest BCUT2D eigenvalue weighted by atomic mass is 32.2. The van der Waals surface area contributed by atoms with Gasteiger partial charge in [-0.15, -0.1) is 0 Å². The van der Waals surface area contributed by atoms with Crippen LogP contribution in [0.4, 0.5) is 13.2 Å². The quantitative estimate of drug-likeness (QED) is 0.724. The first-order valence-electron chi connectivity index (χ1n) is 9.52. The third-order valence-electron chi connectivity index (χ3n) is 6.47. The summed E-state index contributed by atoms with van der Waals surface area (Å²) < 4.78 is 45.8. The standard InChI is InChI=1S/C19H24F3N3OS/c1-13-15(2-3-16(23-13)19(20,21)22)27-25-9-18(10-25)7-24(8-18)6-14-4-17(5-14)11-26-12-17/h2-3,14H,4-12H2,1H3. The minimum atomic E-state index is -4.38. The number of aryl methyl sites for hydroxylation is 1. The van der Waals surface area contributed by atoms with E-state index < -0.39 is 11.9 Å². The topological polar surface area (TPSA) is 28.6 Å². The fourth-order valence-electron chi connectivity index (χ4n) is 5.23. The third kappa shape index (κ3) is 3.28. The largest absolute Gasteiger partial charge is 0.433 e. The maximum absolute atomic E-state index is 12.7. The van der Waals surface area contributed by atoms with E-state index in [0.717, 1.165) is 56.3 Å². The summed E-state index contributed by atoms with van der Waals surface area (Å²) in [7, 11) is 0. The molecule has 3 saturated heterocycles. The van der Waals surface area contributed by atoms with Gasteiger partial charge in [0.05, 0.1) is 18.9 Å². The Hall–Kier alpha value is -0.830. The molecular weight excluding hydrogens is 375 g/mol. The molecule has 0 bridgehead atoms. The number of hydrogen-bond acceptors (Lipinski definition) is 5. The van der Waals surface area contributed by atoms with Gasteiger partial charge in [-0.2, -0.15) is 13.2 Å². The summed E-state index contributed by atoms with van der Waals surface area (Å²) in [4.78, 5) is 7.11. The van der Waals surface area contributed by atoms with Gasteiger partial charge in [0.25, 0.3) is 0 Å². The maximum Gasteiger partial charge on any atom is 0.433 e. The van der Waals surface area contributed by atoms with Gasteiger partial charge in [-0.05, 0) is 49.8 Å². The molecule has 0 aromatic carbocycles. The molecule has 1 aliphatic carbocycles. The molecule has 4 heterocycles. The van der Waals surface area contributed by atoms with E-state index in [4.69, 9.17) is 4.74 Å². The summed E-state index contributed by atoms with van der Waals surface area (Å²) in [6.07, 6.45) is -1.72. The fraction of sp³-hybridized carbons (Fsp3) is 0.737. The van der Waals surface area contributed by atoms with Crippen molar-refractivity contribution in [2.75, 3.05) is 45.9 Å². The van der Waals surface area contributed by atoms with Gasteiger partial charge in [0.2, 0.25) is 0 Å². The molecule has 4 fully saturated rings. The average Bonchev–Trinajstić information content (AvgIpc) is 2.43. The van der Waals surface area contributed by atoms with E-state index in [1.54, 1.807) is 24.9 Å². The monoisotopic (exact) mass is 399 g/mol. The van der Waals surface area contributed by atoms with Crippen LogP contribution in [0.2, 0.25) is 0 Å². The van der Waals surface area contributed by atoms with Crippen LogP contribution in [0.3, 0.4) is 0 Å². The van der Waals surface area contributed by atoms with Gasteiger partial charge in [-0.1, -0.05) is 0 Å². The molecular formula is C19H24F3N3OS. The molecule has 27 heavy (non-hydrogen) atoms. The van der Waals surface area contributed by atoms with Crippen molar-refractivity contribution in [1.29, 1.82) is 0 Å². The molecule has 0 amide bonds. The Morgan fingerprint density at radius 1 is 1.15 bits per heavy atom. The summed E-state index contributed by atoms with van der Waals surface area (Å²) in [5.41, 5.74) is 0.585. The highest BCUT2D eigenvalue weighted by Gasteiger charge is 2.55. The van der Waals surface area contributed by atoms with E-state index >= 15 is 0 Å². The normalized spacial score (nSPS) is 27.1. The second kappa shape index (κ2) is 6.08. The van der Waals surface area contributed by atoms with Crippen LogP contribution in [0.1, 0.15) is 24.2 Å². The molecule has 0 atom stereocenters. The first-order valence-corrected chi connectivity index (χ1v) is 10.3. The lowest BCUT2D eigenvalue weighted by atomic mass is 9.60. The molecule has 0 N–H and O–H groups in total. The van der Waals surface area contributed by atoms with Crippen molar-refractivity contribution in [3.05, 3.63) is 23.5 Å². The lowest BCUT2D eigenvalue weighted by molar-refractivity contribution is -0.188. The zero-order chi connectivity index (χ0) is 18.9. The van der Waals surface area contributed by atoms with Gasteiger partial charge in [-0.3, -0.25) is 0 Å². The van der Waals surface area contributed by atoms with Crippen LogP contribution in [0, 0.1) is 23.7 Å². The smallest absolute Gasteiger partial charge is 0.380 e. The zero-order valence-corrected chi connectivity index (χ0v) is 16.2. The lowest BCUT2D eigenvalue weighted by Crippen LogP contribution is -2.71. The van der Waals surface area contributed by atoms with Crippen LogP contribution in [0.15, 0.2) is 17.0 Å². The number of pyridine rings is 1. The summed E-state index contributed by atoms with van der Waals surface area (Å²) in [5.74, 6) is 0.845. The average molecular weight is 399 g/mol. The van der Waals surface area contributed by atoms with Crippen molar-refractivity contribution in [2.24, 2.45) is 16.7 Å². The van der Waals surface area contributed by atoms with Gasteiger partial charge < -0.3 is 9.64 Å². The van der Waals surface area contributed by atoms with E-state index in [0.29, 0.717) is 16.5 Å². The van der Waals surface area contributed by atoms with Gasteiger partial charge in [0.15, 0.2) is 0 Å². The minimum absolute atomic E-state index is 0.404. The zero-order valence-electron chi connectivity index (χ0n) is 15.4.